The molecule has 1 fully saturated rings. The van der Waals surface area contributed by atoms with Crippen molar-refractivity contribution in [3.05, 3.63) is 35.0 Å². The molecule has 4 rings (SSSR count). The molecule has 2 atom stereocenters. The summed E-state index contributed by atoms with van der Waals surface area (Å²) in [5.74, 6) is -1.99. The first-order chi connectivity index (χ1) is 11.9. The van der Waals surface area contributed by atoms with Crippen molar-refractivity contribution in [1.82, 2.24) is 10.6 Å². The van der Waals surface area contributed by atoms with Gasteiger partial charge in [-0.05, 0) is 23.8 Å². The number of nitrogens with zero attached hydrogens (tertiary/aromatic N) is 1. The second-order valence-corrected chi connectivity index (χ2v) is 7.19. The van der Waals surface area contributed by atoms with Crippen LogP contribution in [0, 0.1) is 0 Å². The lowest BCUT2D eigenvalue weighted by Gasteiger charge is -2.41. The van der Waals surface area contributed by atoms with Gasteiger partial charge in [0.1, 0.15) is 4.99 Å². The minimum atomic E-state index is -1.98. The standard InChI is InChI=1S/C16H14FN3O3S2/c17-10-6-18-3-4-20(10)7-1-2-8-9(5-7)11-12(19-14(11)24)16(25,13(8)21)15(22)23/h1-2,5,10,18,25H,3-4,6H2,(H,19,24)(H,22,23). The molecular weight excluding hydrogens is 365 g/mol. The molecule has 2 heterocycles. The number of carboxylic acid groups (broad SMARTS) is 1. The van der Waals surface area contributed by atoms with Crippen LogP contribution in [0.15, 0.2) is 23.9 Å². The zero-order valence-corrected chi connectivity index (χ0v) is 14.6. The molecule has 3 aliphatic rings. The van der Waals surface area contributed by atoms with Gasteiger partial charge in [0.25, 0.3) is 0 Å². The number of thiol groups is 1. The number of ketones is 1. The van der Waals surface area contributed by atoms with Gasteiger partial charge in [-0.25, -0.2) is 9.18 Å². The van der Waals surface area contributed by atoms with Crippen LogP contribution < -0.4 is 15.5 Å². The van der Waals surface area contributed by atoms with Crippen molar-refractivity contribution in [3.63, 3.8) is 0 Å². The lowest BCUT2D eigenvalue weighted by atomic mass is 9.76. The van der Waals surface area contributed by atoms with Gasteiger partial charge >= 0.3 is 5.97 Å². The Balaban J connectivity index is 1.86. The third-order valence-electron chi connectivity index (χ3n) is 4.74. The van der Waals surface area contributed by atoms with Crippen LogP contribution in [0.4, 0.5) is 10.1 Å². The van der Waals surface area contributed by atoms with Gasteiger partial charge in [-0.1, -0.05) is 12.2 Å². The molecule has 6 nitrogen and oxygen atoms in total. The quantitative estimate of drug-likeness (QED) is 0.264. The van der Waals surface area contributed by atoms with Crippen molar-refractivity contribution in [2.45, 2.75) is 11.0 Å². The second kappa shape index (κ2) is 5.52. The van der Waals surface area contributed by atoms with Crippen LogP contribution >= 0.6 is 24.8 Å². The Morgan fingerprint density at radius 2 is 2.20 bits per heavy atom. The maximum Gasteiger partial charge on any atom is 0.333 e. The van der Waals surface area contributed by atoms with E-state index in [1.54, 1.807) is 17.0 Å². The molecule has 1 aromatic rings. The summed E-state index contributed by atoms with van der Waals surface area (Å²) >= 11 is 9.35. The third kappa shape index (κ3) is 2.16. The van der Waals surface area contributed by atoms with Gasteiger partial charge in [-0.15, -0.1) is 12.6 Å². The van der Waals surface area contributed by atoms with Crippen LogP contribution in [0.2, 0.25) is 0 Å². The predicted molar refractivity (Wildman–Crippen MR) is 97.9 cm³/mol. The molecule has 0 radical (unpaired) electrons. The SMILES string of the molecule is O=C(O)C1(S)C(=O)c2ccc(N3CCNCC3F)cc2C2=C1NC2=S. The molecule has 2 aliphatic heterocycles. The first kappa shape index (κ1) is 16.5. The van der Waals surface area contributed by atoms with Crippen LogP contribution in [0.5, 0.6) is 0 Å². The van der Waals surface area contributed by atoms with E-state index in [2.05, 4.69) is 23.3 Å². The highest BCUT2D eigenvalue weighted by Gasteiger charge is 2.55. The lowest BCUT2D eigenvalue weighted by Crippen LogP contribution is -2.57. The minimum Gasteiger partial charge on any atom is -0.480 e. The molecule has 0 aromatic heterocycles. The first-order valence-electron chi connectivity index (χ1n) is 7.68. The Hall–Kier alpha value is -1.97. The summed E-state index contributed by atoms with van der Waals surface area (Å²) in [7, 11) is 0. The molecule has 0 saturated carbocycles. The summed E-state index contributed by atoms with van der Waals surface area (Å²) in [6.45, 7) is 1.37. The Morgan fingerprint density at radius 3 is 2.84 bits per heavy atom. The van der Waals surface area contributed by atoms with E-state index in [1.165, 1.54) is 6.07 Å². The number of carbonyl (C=O) groups is 2. The number of nitrogens with one attached hydrogen (secondary N) is 2. The number of alkyl halides is 1. The smallest absolute Gasteiger partial charge is 0.333 e. The molecule has 25 heavy (non-hydrogen) atoms. The fraction of sp³-hybridized carbons (Fsp3) is 0.312. The summed E-state index contributed by atoms with van der Waals surface area (Å²) < 4.78 is 12.2. The van der Waals surface area contributed by atoms with Gasteiger partial charge < -0.3 is 20.6 Å². The molecule has 0 bridgehead atoms. The number of rotatable bonds is 2. The van der Waals surface area contributed by atoms with E-state index in [0.29, 0.717) is 34.9 Å². The van der Waals surface area contributed by atoms with Crippen molar-refractivity contribution in [1.29, 1.82) is 0 Å². The Labute approximate surface area is 153 Å². The van der Waals surface area contributed by atoms with E-state index in [0.717, 1.165) is 0 Å². The van der Waals surface area contributed by atoms with E-state index < -0.39 is 22.8 Å². The fourth-order valence-electron chi connectivity index (χ4n) is 3.41. The third-order valence-corrected chi connectivity index (χ3v) is 5.67. The summed E-state index contributed by atoms with van der Waals surface area (Å²) in [5, 5.41) is 15.2. The van der Waals surface area contributed by atoms with Gasteiger partial charge in [0.15, 0.2) is 12.1 Å². The molecule has 0 amide bonds. The van der Waals surface area contributed by atoms with Crippen LogP contribution in [0.3, 0.4) is 0 Å². The van der Waals surface area contributed by atoms with Crippen LogP contribution in [0.1, 0.15) is 15.9 Å². The highest BCUT2D eigenvalue weighted by molar-refractivity contribution is 7.84. The molecule has 2 unspecified atom stereocenters. The molecule has 9 heteroatoms. The van der Waals surface area contributed by atoms with E-state index >= 15 is 0 Å². The van der Waals surface area contributed by atoms with E-state index in [9.17, 15) is 19.1 Å². The molecule has 1 aliphatic carbocycles. The van der Waals surface area contributed by atoms with E-state index in [1.807, 2.05) is 0 Å². The first-order valence-corrected chi connectivity index (χ1v) is 8.53. The second-order valence-electron chi connectivity index (χ2n) is 6.11. The van der Waals surface area contributed by atoms with E-state index in [-0.39, 0.29) is 17.8 Å². The summed E-state index contributed by atoms with van der Waals surface area (Å²) in [4.78, 5) is 26.4. The summed E-state index contributed by atoms with van der Waals surface area (Å²) in [6.07, 6.45) is -1.17. The maximum atomic E-state index is 14.2. The maximum absolute atomic E-state index is 14.2. The molecule has 1 aromatic carbocycles. The summed E-state index contributed by atoms with van der Waals surface area (Å²) in [6, 6.07) is 4.86. The number of carboxylic acids is 1. The molecule has 1 saturated heterocycles. The van der Waals surface area contributed by atoms with Crippen LogP contribution in [-0.2, 0) is 4.79 Å². The Kier molecular flexibility index (Phi) is 3.64. The van der Waals surface area contributed by atoms with Gasteiger partial charge in [0.2, 0.25) is 4.75 Å². The van der Waals surface area contributed by atoms with Crippen LogP contribution in [-0.4, -0.2) is 52.5 Å². The minimum absolute atomic E-state index is 0.181. The largest absolute Gasteiger partial charge is 0.480 e. The van der Waals surface area contributed by atoms with Gasteiger partial charge in [0, 0.05) is 36.5 Å². The number of Topliss-reactive ketones (excluding diaryl/α,β-unsaturated/α-hetero) is 1. The topological polar surface area (TPSA) is 81.7 Å². The van der Waals surface area contributed by atoms with Crippen LogP contribution in [0.25, 0.3) is 5.57 Å². The molecule has 3 N–H and O–H groups in total. The van der Waals surface area contributed by atoms with Crippen molar-refractivity contribution >= 4 is 52.8 Å². The van der Waals surface area contributed by atoms with Crippen molar-refractivity contribution < 1.29 is 19.1 Å². The normalized spacial score (nSPS) is 28.1. The van der Waals surface area contributed by atoms with Gasteiger partial charge in [-0.3, -0.25) is 4.79 Å². The van der Waals surface area contributed by atoms with Crippen molar-refractivity contribution in [3.8, 4) is 0 Å². The monoisotopic (exact) mass is 379 g/mol. The number of fused-ring (bicyclic) bond motifs is 2. The number of aliphatic carboxylic acids is 1. The fourth-order valence-corrected chi connectivity index (χ4v) is 4.01. The predicted octanol–water partition coefficient (Wildman–Crippen LogP) is 0.983. The average molecular weight is 379 g/mol. The van der Waals surface area contributed by atoms with Gasteiger partial charge in [0.05, 0.1) is 5.70 Å². The molecule has 130 valence electrons. The number of carbonyl (C=O) groups excluding carboxylic acids is 1. The number of piperazine rings is 1. The van der Waals surface area contributed by atoms with Crippen molar-refractivity contribution in [2.75, 3.05) is 24.5 Å². The highest BCUT2D eigenvalue weighted by atomic mass is 32.1. The van der Waals surface area contributed by atoms with E-state index in [4.69, 9.17) is 12.2 Å². The Morgan fingerprint density at radius 1 is 1.44 bits per heavy atom. The lowest BCUT2D eigenvalue weighted by molar-refractivity contribution is -0.137. The molecule has 0 spiro atoms. The highest BCUT2D eigenvalue weighted by Crippen LogP contribution is 2.46. The number of thiocarbonyl (C=S) groups is 1. The average Bonchev–Trinajstić information content (AvgIpc) is 2.57. The zero-order valence-electron chi connectivity index (χ0n) is 12.9. The number of hydrogen-bond acceptors (Lipinski definition) is 6. The number of benzene rings is 1. The number of anilines is 1. The number of halogens is 1. The number of hydrogen-bond donors (Lipinski definition) is 4. The van der Waals surface area contributed by atoms with Crippen molar-refractivity contribution in [2.24, 2.45) is 0 Å². The van der Waals surface area contributed by atoms with Gasteiger partial charge in [-0.2, -0.15) is 0 Å². The Bertz CT molecular complexity index is 872. The molecular formula is C16H14FN3O3S2. The zero-order chi connectivity index (χ0) is 17.9. The summed E-state index contributed by atoms with van der Waals surface area (Å²) in [5.41, 5.74) is 2.06.